The summed E-state index contributed by atoms with van der Waals surface area (Å²) in [6, 6.07) is 7.11. The molecular weight excluding hydrogens is 341 g/mol. The lowest BCUT2D eigenvalue weighted by molar-refractivity contribution is -0.147. The number of esters is 1. The molecular formula is C18H20FN3O4. The first kappa shape index (κ1) is 19.3. The number of para-hydroxylation sites is 1. The minimum Gasteiger partial charge on any atom is -0.463 e. The third-order valence-electron chi connectivity index (χ3n) is 3.39. The SMILES string of the molecule is Cc1cc(=O)c(C(=O)NCCC(=O)OC(C)C)nn1-c1ccccc1F. The first-order valence-corrected chi connectivity index (χ1v) is 8.13. The van der Waals surface area contributed by atoms with Crippen molar-refractivity contribution >= 4 is 11.9 Å². The van der Waals surface area contributed by atoms with E-state index in [1.807, 2.05) is 0 Å². The lowest BCUT2D eigenvalue weighted by Gasteiger charge is -2.12. The topological polar surface area (TPSA) is 90.3 Å². The second kappa shape index (κ2) is 8.37. The number of hydrogen-bond acceptors (Lipinski definition) is 5. The number of carbonyl (C=O) groups excluding carboxylic acids is 2. The van der Waals surface area contributed by atoms with Crippen LogP contribution in [0.5, 0.6) is 0 Å². The maximum Gasteiger partial charge on any atom is 0.307 e. The van der Waals surface area contributed by atoms with Crippen molar-refractivity contribution in [2.75, 3.05) is 6.54 Å². The summed E-state index contributed by atoms with van der Waals surface area (Å²) in [5.74, 6) is -1.73. The zero-order valence-electron chi connectivity index (χ0n) is 14.8. The van der Waals surface area contributed by atoms with E-state index < -0.39 is 23.1 Å². The standard InChI is InChI=1S/C18H20FN3O4/c1-11(2)26-16(24)8-9-20-18(25)17-15(23)10-12(3)22(21-17)14-7-5-4-6-13(14)19/h4-7,10-11H,8-9H2,1-3H3,(H,20,25). The van der Waals surface area contributed by atoms with Gasteiger partial charge in [0.1, 0.15) is 11.5 Å². The molecule has 0 spiro atoms. The highest BCUT2D eigenvalue weighted by molar-refractivity contribution is 5.92. The van der Waals surface area contributed by atoms with Gasteiger partial charge in [-0.15, -0.1) is 0 Å². The molecule has 0 aliphatic heterocycles. The van der Waals surface area contributed by atoms with Crippen molar-refractivity contribution in [1.82, 2.24) is 15.1 Å². The first-order valence-electron chi connectivity index (χ1n) is 8.13. The van der Waals surface area contributed by atoms with E-state index in [4.69, 9.17) is 4.74 Å². The number of amides is 1. The van der Waals surface area contributed by atoms with Crippen molar-refractivity contribution in [2.45, 2.75) is 33.3 Å². The number of benzene rings is 1. The van der Waals surface area contributed by atoms with Crippen LogP contribution in [0.15, 0.2) is 35.1 Å². The van der Waals surface area contributed by atoms with Gasteiger partial charge in [-0.05, 0) is 32.9 Å². The Hall–Kier alpha value is -3.03. The molecule has 0 saturated heterocycles. The Morgan fingerprint density at radius 3 is 2.65 bits per heavy atom. The smallest absolute Gasteiger partial charge is 0.307 e. The largest absolute Gasteiger partial charge is 0.463 e. The third-order valence-corrected chi connectivity index (χ3v) is 3.39. The average molecular weight is 361 g/mol. The summed E-state index contributed by atoms with van der Waals surface area (Å²) >= 11 is 0. The van der Waals surface area contributed by atoms with E-state index in [9.17, 15) is 18.8 Å². The maximum atomic E-state index is 14.0. The van der Waals surface area contributed by atoms with E-state index in [-0.39, 0.29) is 30.5 Å². The third kappa shape index (κ3) is 4.75. The van der Waals surface area contributed by atoms with Crippen LogP contribution in [0.25, 0.3) is 5.69 Å². The van der Waals surface area contributed by atoms with Crippen molar-refractivity contribution in [3.63, 3.8) is 0 Å². The van der Waals surface area contributed by atoms with Crippen LogP contribution < -0.4 is 10.7 Å². The molecule has 0 radical (unpaired) electrons. The van der Waals surface area contributed by atoms with Crippen molar-refractivity contribution in [3.05, 3.63) is 57.8 Å². The molecule has 0 saturated carbocycles. The fourth-order valence-electron chi connectivity index (χ4n) is 2.26. The van der Waals surface area contributed by atoms with Gasteiger partial charge in [-0.3, -0.25) is 14.4 Å². The molecule has 0 atom stereocenters. The quantitative estimate of drug-likeness (QED) is 0.792. The summed E-state index contributed by atoms with van der Waals surface area (Å²) in [4.78, 5) is 35.7. The predicted molar refractivity (Wildman–Crippen MR) is 92.7 cm³/mol. The molecule has 1 heterocycles. The number of halogens is 1. The average Bonchev–Trinajstić information content (AvgIpc) is 2.55. The zero-order valence-corrected chi connectivity index (χ0v) is 14.8. The summed E-state index contributed by atoms with van der Waals surface area (Å²) in [7, 11) is 0. The Morgan fingerprint density at radius 2 is 2.00 bits per heavy atom. The van der Waals surface area contributed by atoms with E-state index in [1.165, 1.54) is 28.9 Å². The van der Waals surface area contributed by atoms with Crippen LogP contribution in [0.3, 0.4) is 0 Å². The van der Waals surface area contributed by atoms with Crippen LogP contribution in [-0.4, -0.2) is 34.3 Å². The van der Waals surface area contributed by atoms with Crippen LogP contribution >= 0.6 is 0 Å². The molecule has 0 bridgehead atoms. The normalized spacial score (nSPS) is 10.7. The van der Waals surface area contributed by atoms with Crippen LogP contribution in [0.4, 0.5) is 4.39 Å². The number of rotatable bonds is 6. The van der Waals surface area contributed by atoms with Crippen molar-refractivity contribution in [1.29, 1.82) is 0 Å². The highest BCUT2D eigenvalue weighted by atomic mass is 19.1. The molecule has 1 aromatic heterocycles. The van der Waals surface area contributed by atoms with Crippen molar-refractivity contribution in [3.8, 4) is 5.69 Å². The van der Waals surface area contributed by atoms with E-state index in [0.717, 1.165) is 0 Å². The fourth-order valence-corrected chi connectivity index (χ4v) is 2.26. The van der Waals surface area contributed by atoms with Crippen molar-refractivity contribution < 1.29 is 18.7 Å². The van der Waals surface area contributed by atoms with Gasteiger partial charge >= 0.3 is 5.97 Å². The molecule has 26 heavy (non-hydrogen) atoms. The van der Waals surface area contributed by atoms with Gasteiger partial charge in [-0.2, -0.15) is 5.10 Å². The molecule has 1 N–H and O–H groups in total. The van der Waals surface area contributed by atoms with Crippen LogP contribution in [0.1, 0.15) is 36.5 Å². The van der Waals surface area contributed by atoms with Gasteiger partial charge in [0.25, 0.3) is 5.91 Å². The fraction of sp³-hybridized carbons (Fsp3) is 0.333. The molecule has 0 unspecified atom stereocenters. The van der Waals surface area contributed by atoms with Crippen LogP contribution in [0.2, 0.25) is 0 Å². The molecule has 2 aromatic rings. The highest BCUT2D eigenvalue weighted by Crippen LogP contribution is 2.13. The lowest BCUT2D eigenvalue weighted by atomic mass is 10.2. The second-order valence-electron chi connectivity index (χ2n) is 5.91. The van der Waals surface area contributed by atoms with E-state index in [2.05, 4.69) is 10.4 Å². The lowest BCUT2D eigenvalue weighted by Crippen LogP contribution is -2.33. The van der Waals surface area contributed by atoms with Gasteiger partial charge in [-0.25, -0.2) is 9.07 Å². The van der Waals surface area contributed by atoms with Gasteiger partial charge < -0.3 is 10.1 Å². The molecule has 1 aromatic carbocycles. The van der Waals surface area contributed by atoms with Crippen LogP contribution in [-0.2, 0) is 9.53 Å². The summed E-state index contributed by atoms with van der Waals surface area (Å²) in [6.07, 6.45) is -0.276. The minimum absolute atomic E-state index is 0.000912. The Labute approximate surface area is 149 Å². The zero-order chi connectivity index (χ0) is 19.3. The van der Waals surface area contributed by atoms with Crippen molar-refractivity contribution in [2.24, 2.45) is 0 Å². The Morgan fingerprint density at radius 1 is 1.31 bits per heavy atom. The van der Waals surface area contributed by atoms with E-state index in [0.29, 0.717) is 5.69 Å². The maximum absolute atomic E-state index is 14.0. The Kier molecular flexibility index (Phi) is 6.21. The Bertz CT molecular complexity index is 877. The number of carbonyl (C=O) groups is 2. The predicted octanol–water partition coefficient (Wildman–Crippen LogP) is 1.75. The minimum atomic E-state index is -0.738. The summed E-state index contributed by atoms with van der Waals surface area (Å²) in [6.45, 7) is 5.03. The first-order chi connectivity index (χ1) is 12.3. The number of nitrogens with one attached hydrogen (secondary N) is 1. The number of nitrogens with zero attached hydrogens (tertiary/aromatic N) is 2. The monoisotopic (exact) mass is 361 g/mol. The molecule has 7 nitrogen and oxygen atoms in total. The number of aromatic nitrogens is 2. The van der Waals surface area contributed by atoms with E-state index >= 15 is 0 Å². The van der Waals surface area contributed by atoms with Crippen LogP contribution in [0, 0.1) is 12.7 Å². The molecule has 0 aliphatic rings. The number of ether oxygens (including phenoxy) is 1. The van der Waals surface area contributed by atoms with E-state index in [1.54, 1.807) is 26.8 Å². The number of aryl methyl sites for hydroxylation is 1. The molecule has 8 heteroatoms. The summed E-state index contributed by atoms with van der Waals surface area (Å²) in [5.41, 5.74) is -0.454. The molecule has 0 fully saturated rings. The molecule has 138 valence electrons. The second-order valence-corrected chi connectivity index (χ2v) is 5.91. The van der Waals surface area contributed by atoms with Gasteiger partial charge in [0.2, 0.25) is 5.43 Å². The summed E-state index contributed by atoms with van der Waals surface area (Å²) in [5, 5.41) is 6.43. The van der Waals surface area contributed by atoms with Gasteiger partial charge in [0.15, 0.2) is 5.69 Å². The molecule has 2 rings (SSSR count). The number of hydrogen-bond donors (Lipinski definition) is 1. The highest BCUT2D eigenvalue weighted by Gasteiger charge is 2.17. The summed E-state index contributed by atoms with van der Waals surface area (Å²) < 4.78 is 20.1. The van der Waals surface area contributed by atoms with Gasteiger partial charge in [0, 0.05) is 18.3 Å². The van der Waals surface area contributed by atoms with Gasteiger partial charge in [-0.1, -0.05) is 12.1 Å². The Balaban J connectivity index is 2.18. The van der Waals surface area contributed by atoms with Gasteiger partial charge in [0.05, 0.1) is 12.5 Å². The molecule has 1 amide bonds. The molecule has 0 aliphatic carbocycles.